The Balaban J connectivity index is 1.60. The molecule has 1 fully saturated rings. The largest absolute Gasteiger partial charge is 0.398 e. The summed E-state index contributed by atoms with van der Waals surface area (Å²) in [4.78, 5) is 5.06. The highest BCUT2D eigenvalue weighted by Gasteiger charge is 2.24. The number of nitrogen functional groups attached to an aromatic ring is 1. The highest BCUT2D eigenvalue weighted by atomic mass is 16.5. The van der Waals surface area contributed by atoms with Gasteiger partial charge in [-0.3, -0.25) is 9.80 Å². The number of benzene rings is 1. The highest BCUT2D eigenvalue weighted by Crippen LogP contribution is 2.32. The number of nitrogens with two attached hydrogens (primary N) is 1. The Hall–Kier alpha value is -1.10. The van der Waals surface area contributed by atoms with E-state index in [-0.39, 0.29) is 0 Å². The third-order valence-electron chi connectivity index (χ3n) is 4.49. The van der Waals surface area contributed by atoms with Crippen LogP contribution in [0.2, 0.25) is 0 Å². The second-order valence-corrected chi connectivity index (χ2v) is 6.01. The quantitative estimate of drug-likeness (QED) is 0.849. The van der Waals surface area contributed by atoms with Crippen molar-refractivity contribution in [1.29, 1.82) is 0 Å². The molecule has 110 valence electrons. The van der Waals surface area contributed by atoms with Gasteiger partial charge < -0.3 is 10.5 Å². The molecule has 0 radical (unpaired) electrons. The zero-order valence-corrected chi connectivity index (χ0v) is 12.3. The summed E-state index contributed by atoms with van der Waals surface area (Å²) in [6.45, 7) is 10.6. The Morgan fingerprint density at radius 2 is 1.95 bits per heavy atom. The molecule has 1 atom stereocenters. The maximum absolute atomic E-state index is 6.13. The fourth-order valence-electron chi connectivity index (χ4n) is 3.43. The van der Waals surface area contributed by atoms with E-state index in [4.69, 9.17) is 10.5 Å². The fraction of sp³-hybridized carbons (Fsp3) is 0.625. The number of rotatable bonds is 3. The van der Waals surface area contributed by atoms with E-state index in [1.54, 1.807) is 0 Å². The zero-order valence-electron chi connectivity index (χ0n) is 12.3. The van der Waals surface area contributed by atoms with Crippen LogP contribution in [0.25, 0.3) is 0 Å². The van der Waals surface area contributed by atoms with Crippen molar-refractivity contribution < 1.29 is 4.74 Å². The number of nitrogens with zero attached hydrogens (tertiary/aromatic N) is 2. The van der Waals surface area contributed by atoms with Gasteiger partial charge in [-0.15, -0.1) is 0 Å². The summed E-state index contributed by atoms with van der Waals surface area (Å²) in [6.07, 6.45) is 0. The molecule has 0 saturated carbocycles. The minimum Gasteiger partial charge on any atom is -0.398 e. The van der Waals surface area contributed by atoms with Crippen molar-refractivity contribution in [2.24, 2.45) is 0 Å². The van der Waals surface area contributed by atoms with Crippen LogP contribution in [0.1, 0.15) is 24.0 Å². The summed E-state index contributed by atoms with van der Waals surface area (Å²) in [5.41, 5.74) is 9.87. The summed E-state index contributed by atoms with van der Waals surface area (Å²) < 4.78 is 5.40. The van der Waals surface area contributed by atoms with Crippen LogP contribution in [0.4, 0.5) is 5.69 Å². The molecule has 4 heteroatoms. The summed E-state index contributed by atoms with van der Waals surface area (Å²) in [5, 5.41) is 0. The van der Waals surface area contributed by atoms with Crippen LogP contribution in [-0.2, 0) is 11.3 Å². The fourth-order valence-corrected chi connectivity index (χ4v) is 3.43. The van der Waals surface area contributed by atoms with Crippen molar-refractivity contribution in [2.45, 2.75) is 19.4 Å². The average Bonchev–Trinajstić information content (AvgIpc) is 2.46. The molecule has 0 amide bonds. The first-order valence-electron chi connectivity index (χ1n) is 7.64. The van der Waals surface area contributed by atoms with E-state index in [1.807, 2.05) is 6.07 Å². The Morgan fingerprint density at radius 3 is 2.75 bits per heavy atom. The SMILES string of the molecule is CC1CN(CCN2CCOCC2)Cc2cccc(N)c21. The Bertz CT molecular complexity index is 457. The lowest BCUT2D eigenvalue weighted by atomic mass is 9.89. The van der Waals surface area contributed by atoms with E-state index in [9.17, 15) is 0 Å². The first kappa shape index (κ1) is 13.9. The molecular formula is C16H25N3O. The van der Waals surface area contributed by atoms with Crippen LogP contribution in [0.5, 0.6) is 0 Å². The average molecular weight is 275 g/mol. The predicted molar refractivity (Wildman–Crippen MR) is 81.8 cm³/mol. The van der Waals surface area contributed by atoms with Gasteiger partial charge in [-0.25, -0.2) is 0 Å². The Kier molecular flexibility index (Phi) is 4.24. The third kappa shape index (κ3) is 2.97. The minimum absolute atomic E-state index is 0.532. The van der Waals surface area contributed by atoms with E-state index in [0.29, 0.717) is 5.92 Å². The van der Waals surface area contributed by atoms with Crippen LogP contribution in [0.3, 0.4) is 0 Å². The molecule has 1 unspecified atom stereocenters. The lowest BCUT2D eigenvalue weighted by Crippen LogP contribution is -2.43. The van der Waals surface area contributed by atoms with Gasteiger partial charge in [0.15, 0.2) is 0 Å². The van der Waals surface area contributed by atoms with Crippen molar-refractivity contribution in [3.63, 3.8) is 0 Å². The molecule has 2 aliphatic heterocycles. The van der Waals surface area contributed by atoms with Gasteiger partial charge in [-0.2, -0.15) is 0 Å². The van der Waals surface area contributed by atoms with E-state index < -0.39 is 0 Å². The van der Waals surface area contributed by atoms with Crippen LogP contribution < -0.4 is 5.73 Å². The number of anilines is 1. The smallest absolute Gasteiger partial charge is 0.0594 e. The monoisotopic (exact) mass is 275 g/mol. The lowest BCUT2D eigenvalue weighted by molar-refractivity contribution is 0.0322. The molecule has 2 heterocycles. The van der Waals surface area contributed by atoms with Gasteiger partial charge in [0, 0.05) is 45.0 Å². The Morgan fingerprint density at radius 1 is 1.20 bits per heavy atom. The second kappa shape index (κ2) is 6.12. The minimum atomic E-state index is 0.532. The molecular weight excluding hydrogens is 250 g/mol. The van der Waals surface area contributed by atoms with E-state index >= 15 is 0 Å². The van der Waals surface area contributed by atoms with Gasteiger partial charge in [-0.1, -0.05) is 19.1 Å². The number of hydrogen-bond acceptors (Lipinski definition) is 4. The van der Waals surface area contributed by atoms with Crippen molar-refractivity contribution >= 4 is 5.69 Å². The van der Waals surface area contributed by atoms with Gasteiger partial charge >= 0.3 is 0 Å². The van der Waals surface area contributed by atoms with Gasteiger partial charge in [0.2, 0.25) is 0 Å². The van der Waals surface area contributed by atoms with Crippen molar-refractivity contribution in [3.05, 3.63) is 29.3 Å². The summed E-state index contributed by atoms with van der Waals surface area (Å²) >= 11 is 0. The summed E-state index contributed by atoms with van der Waals surface area (Å²) in [7, 11) is 0. The highest BCUT2D eigenvalue weighted by molar-refractivity contribution is 5.53. The summed E-state index contributed by atoms with van der Waals surface area (Å²) in [6, 6.07) is 6.33. The van der Waals surface area contributed by atoms with Crippen molar-refractivity contribution in [3.8, 4) is 0 Å². The number of morpholine rings is 1. The van der Waals surface area contributed by atoms with Crippen LogP contribution >= 0.6 is 0 Å². The number of fused-ring (bicyclic) bond motifs is 1. The normalized spacial score (nSPS) is 24.6. The van der Waals surface area contributed by atoms with Crippen LogP contribution in [0, 0.1) is 0 Å². The first-order chi connectivity index (χ1) is 9.74. The first-order valence-corrected chi connectivity index (χ1v) is 7.64. The van der Waals surface area contributed by atoms with E-state index in [2.05, 4.69) is 28.9 Å². The molecule has 2 N–H and O–H groups in total. The maximum Gasteiger partial charge on any atom is 0.0594 e. The molecule has 0 aliphatic carbocycles. The Labute approximate surface area is 121 Å². The molecule has 20 heavy (non-hydrogen) atoms. The molecule has 2 aliphatic rings. The second-order valence-electron chi connectivity index (χ2n) is 6.01. The van der Waals surface area contributed by atoms with Gasteiger partial charge in [0.1, 0.15) is 0 Å². The van der Waals surface area contributed by atoms with Crippen LogP contribution in [0.15, 0.2) is 18.2 Å². The molecule has 3 rings (SSSR count). The van der Waals surface area contributed by atoms with Crippen molar-refractivity contribution in [1.82, 2.24) is 9.80 Å². The molecule has 1 aromatic rings. The summed E-state index contributed by atoms with van der Waals surface area (Å²) in [5.74, 6) is 0.532. The standard InChI is InChI=1S/C16H25N3O/c1-13-11-19(6-5-18-7-9-20-10-8-18)12-14-3-2-4-15(17)16(13)14/h2-4,13H,5-12,17H2,1H3. The maximum atomic E-state index is 6.13. The molecule has 0 bridgehead atoms. The lowest BCUT2D eigenvalue weighted by Gasteiger charge is -2.35. The predicted octanol–water partition coefficient (Wildman–Crippen LogP) is 1.52. The van der Waals surface area contributed by atoms with Gasteiger partial charge in [0.25, 0.3) is 0 Å². The van der Waals surface area contributed by atoms with Gasteiger partial charge in [-0.05, 0) is 23.1 Å². The zero-order chi connectivity index (χ0) is 13.9. The van der Waals surface area contributed by atoms with Gasteiger partial charge in [0.05, 0.1) is 13.2 Å². The van der Waals surface area contributed by atoms with E-state index in [0.717, 1.165) is 58.2 Å². The molecule has 0 spiro atoms. The van der Waals surface area contributed by atoms with Crippen LogP contribution in [-0.4, -0.2) is 55.7 Å². The third-order valence-corrected chi connectivity index (χ3v) is 4.49. The topological polar surface area (TPSA) is 41.7 Å². The number of hydrogen-bond donors (Lipinski definition) is 1. The molecule has 1 saturated heterocycles. The number of ether oxygens (including phenoxy) is 1. The van der Waals surface area contributed by atoms with E-state index in [1.165, 1.54) is 11.1 Å². The molecule has 4 nitrogen and oxygen atoms in total. The van der Waals surface area contributed by atoms with Crippen molar-refractivity contribution in [2.75, 3.05) is 51.7 Å². The molecule has 1 aromatic carbocycles. The molecule has 0 aromatic heterocycles.